The van der Waals surface area contributed by atoms with Crippen LogP contribution in [0.15, 0.2) is 45.4 Å². The van der Waals surface area contributed by atoms with Crippen LogP contribution < -0.4 is 4.74 Å². The molecule has 0 aliphatic heterocycles. The average Bonchev–Trinajstić information content (AvgIpc) is 3.05. The summed E-state index contributed by atoms with van der Waals surface area (Å²) in [6.07, 6.45) is 6.92. The highest BCUT2D eigenvalue weighted by molar-refractivity contribution is 9.10. The Bertz CT molecular complexity index is 866. The normalized spacial score (nSPS) is 10.3. The number of benzene rings is 1. The van der Waals surface area contributed by atoms with Gasteiger partial charge in [-0.25, -0.2) is 0 Å². The molecule has 3 rings (SSSR count). The summed E-state index contributed by atoms with van der Waals surface area (Å²) < 4.78 is 12.0. The van der Waals surface area contributed by atoms with Gasteiger partial charge in [0.25, 0.3) is 0 Å². The van der Waals surface area contributed by atoms with E-state index in [0.29, 0.717) is 17.5 Å². The second-order valence-corrected chi connectivity index (χ2v) is 5.59. The Morgan fingerprint density at radius 2 is 1.91 bits per heavy atom. The van der Waals surface area contributed by atoms with Crippen LogP contribution in [0.5, 0.6) is 5.75 Å². The van der Waals surface area contributed by atoms with Crippen LogP contribution >= 0.6 is 15.9 Å². The fourth-order valence-corrected chi connectivity index (χ4v) is 2.28. The molecule has 2 aromatic heterocycles. The van der Waals surface area contributed by atoms with E-state index in [1.54, 1.807) is 12.3 Å². The van der Waals surface area contributed by atoms with Crippen LogP contribution in [0.1, 0.15) is 5.69 Å². The van der Waals surface area contributed by atoms with Crippen molar-refractivity contribution in [1.82, 2.24) is 15.2 Å². The molecule has 1 aromatic carbocycles. The highest BCUT2D eigenvalue weighted by atomic mass is 79.9. The molecule has 23 heavy (non-hydrogen) atoms. The summed E-state index contributed by atoms with van der Waals surface area (Å²) >= 11 is 3.41. The molecule has 114 valence electrons. The zero-order valence-electron chi connectivity index (χ0n) is 12.3. The van der Waals surface area contributed by atoms with Gasteiger partial charge in [-0.15, -0.1) is 16.6 Å². The Morgan fingerprint density at radius 3 is 2.61 bits per heavy atom. The first-order valence-electron chi connectivity index (χ1n) is 6.80. The number of aromatic nitrogens is 3. The molecular formula is C17H12BrN3O2. The molecule has 0 spiro atoms. The minimum atomic E-state index is 0.187. The molecule has 0 saturated carbocycles. The summed E-state index contributed by atoms with van der Waals surface area (Å²) in [6, 6.07) is 9.29. The van der Waals surface area contributed by atoms with Crippen molar-refractivity contribution in [3.8, 4) is 41.0 Å². The quantitative estimate of drug-likeness (QED) is 0.653. The first-order valence-corrected chi connectivity index (χ1v) is 7.59. The molecule has 0 N–H and O–H groups in total. The van der Waals surface area contributed by atoms with Gasteiger partial charge in [-0.05, 0) is 53.2 Å². The van der Waals surface area contributed by atoms with Gasteiger partial charge in [-0.2, -0.15) is 0 Å². The average molecular weight is 370 g/mol. The number of hydrogen-bond donors (Lipinski definition) is 0. The zero-order chi connectivity index (χ0) is 16.2. The third-order valence-electron chi connectivity index (χ3n) is 3.07. The van der Waals surface area contributed by atoms with Crippen molar-refractivity contribution in [3.05, 3.63) is 46.7 Å². The summed E-state index contributed by atoms with van der Waals surface area (Å²) in [4.78, 5) is 4.22. The van der Waals surface area contributed by atoms with Crippen molar-refractivity contribution in [1.29, 1.82) is 0 Å². The molecule has 0 aliphatic rings. The second-order valence-electron chi connectivity index (χ2n) is 4.74. The van der Waals surface area contributed by atoms with Gasteiger partial charge in [0, 0.05) is 17.5 Å². The van der Waals surface area contributed by atoms with E-state index in [1.165, 1.54) is 0 Å². The van der Waals surface area contributed by atoms with Crippen molar-refractivity contribution in [2.45, 2.75) is 6.92 Å². The molecule has 0 saturated heterocycles. The van der Waals surface area contributed by atoms with Gasteiger partial charge in [-0.3, -0.25) is 4.98 Å². The fraction of sp³-hybridized carbons (Fsp3) is 0.118. The molecule has 5 nitrogen and oxygen atoms in total. The standard InChI is InChI=1S/C17H12BrN3O2/c1-3-8-22-15-9-12(6-7-14(15)18)16-20-21-17(23-16)13-5-4-11(2)19-10-13/h1,4-7,9-10H,8H2,2H3. The third-order valence-corrected chi connectivity index (χ3v) is 3.73. The molecule has 0 aliphatic carbocycles. The smallest absolute Gasteiger partial charge is 0.249 e. The van der Waals surface area contributed by atoms with E-state index >= 15 is 0 Å². The molecule has 0 radical (unpaired) electrons. The molecular weight excluding hydrogens is 358 g/mol. The number of nitrogens with zero attached hydrogens (tertiary/aromatic N) is 3. The van der Waals surface area contributed by atoms with Gasteiger partial charge in [0.2, 0.25) is 11.8 Å². The number of hydrogen-bond acceptors (Lipinski definition) is 5. The van der Waals surface area contributed by atoms with Crippen molar-refractivity contribution in [2.75, 3.05) is 6.61 Å². The lowest BCUT2D eigenvalue weighted by atomic mass is 10.2. The highest BCUT2D eigenvalue weighted by Crippen LogP contribution is 2.31. The Balaban J connectivity index is 1.91. The van der Waals surface area contributed by atoms with Crippen molar-refractivity contribution in [3.63, 3.8) is 0 Å². The van der Waals surface area contributed by atoms with Crippen LogP contribution in [-0.2, 0) is 0 Å². The number of rotatable bonds is 4. The Labute approximate surface area is 141 Å². The van der Waals surface area contributed by atoms with Crippen molar-refractivity contribution in [2.24, 2.45) is 0 Å². The second kappa shape index (κ2) is 6.63. The summed E-state index contributed by atoms with van der Waals surface area (Å²) in [5.74, 6) is 3.87. The predicted molar refractivity (Wildman–Crippen MR) is 89.7 cm³/mol. The first-order chi connectivity index (χ1) is 11.2. The van der Waals surface area contributed by atoms with E-state index < -0.39 is 0 Å². The largest absolute Gasteiger partial charge is 0.480 e. The molecule has 3 aromatic rings. The van der Waals surface area contributed by atoms with Gasteiger partial charge in [-0.1, -0.05) is 5.92 Å². The molecule has 0 unspecified atom stereocenters. The molecule has 0 amide bonds. The van der Waals surface area contributed by atoms with Crippen LogP contribution in [0.2, 0.25) is 0 Å². The fourth-order valence-electron chi connectivity index (χ4n) is 1.92. The molecule has 2 heterocycles. The maximum absolute atomic E-state index is 5.72. The topological polar surface area (TPSA) is 61.0 Å². The number of terminal acetylenes is 1. The summed E-state index contributed by atoms with van der Waals surface area (Å²) in [6.45, 7) is 2.11. The van der Waals surface area contributed by atoms with Crippen LogP contribution in [0, 0.1) is 19.3 Å². The summed E-state index contributed by atoms with van der Waals surface area (Å²) in [7, 11) is 0. The molecule has 6 heteroatoms. The number of aryl methyl sites for hydroxylation is 1. The maximum Gasteiger partial charge on any atom is 0.249 e. The van der Waals surface area contributed by atoms with E-state index in [9.17, 15) is 0 Å². The van der Waals surface area contributed by atoms with Crippen molar-refractivity contribution >= 4 is 15.9 Å². The minimum Gasteiger partial charge on any atom is -0.480 e. The lowest BCUT2D eigenvalue weighted by Crippen LogP contribution is -1.94. The van der Waals surface area contributed by atoms with E-state index in [2.05, 4.69) is 37.0 Å². The van der Waals surface area contributed by atoms with Gasteiger partial charge in [0.1, 0.15) is 12.4 Å². The Morgan fingerprint density at radius 1 is 1.17 bits per heavy atom. The maximum atomic E-state index is 5.72. The SMILES string of the molecule is C#CCOc1cc(-c2nnc(-c3ccc(C)nc3)o2)ccc1Br. The van der Waals surface area contributed by atoms with Crippen molar-refractivity contribution < 1.29 is 9.15 Å². The van der Waals surface area contributed by atoms with Crippen LogP contribution in [-0.4, -0.2) is 21.8 Å². The number of ether oxygens (including phenoxy) is 1. The van der Waals surface area contributed by atoms with Gasteiger partial charge in [0.05, 0.1) is 10.0 Å². The third kappa shape index (κ3) is 3.41. The lowest BCUT2D eigenvalue weighted by molar-refractivity contribution is 0.368. The summed E-state index contributed by atoms with van der Waals surface area (Å²) in [5, 5.41) is 8.15. The van der Waals surface area contributed by atoms with Gasteiger partial charge in [0.15, 0.2) is 0 Å². The van der Waals surface area contributed by atoms with E-state index in [1.807, 2.05) is 31.2 Å². The zero-order valence-corrected chi connectivity index (χ0v) is 13.9. The monoisotopic (exact) mass is 369 g/mol. The highest BCUT2D eigenvalue weighted by Gasteiger charge is 2.12. The van der Waals surface area contributed by atoms with Crippen LogP contribution in [0.25, 0.3) is 22.9 Å². The molecule has 0 fully saturated rings. The van der Waals surface area contributed by atoms with E-state index in [-0.39, 0.29) is 6.61 Å². The number of pyridine rings is 1. The van der Waals surface area contributed by atoms with E-state index in [4.69, 9.17) is 15.6 Å². The van der Waals surface area contributed by atoms with Crippen LogP contribution in [0.3, 0.4) is 0 Å². The predicted octanol–water partition coefficient (Wildman–Crippen LogP) is 3.88. The van der Waals surface area contributed by atoms with Crippen LogP contribution in [0.4, 0.5) is 0 Å². The lowest BCUT2D eigenvalue weighted by Gasteiger charge is -2.06. The molecule has 0 atom stereocenters. The number of halogens is 1. The molecule has 0 bridgehead atoms. The Hall–Kier alpha value is -2.65. The van der Waals surface area contributed by atoms with Gasteiger partial charge < -0.3 is 9.15 Å². The Kier molecular flexibility index (Phi) is 4.40. The van der Waals surface area contributed by atoms with E-state index in [0.717, 1.165) is 21.3 Å². The first kappa shape index (κ1) is 15.3. The van der Waals surface area contributed by atoms with Gasteiger partial charge >= 0.3 is 0 Å². The summed E-state index contributed by atoms with van der Waals surface area (Å²) in [5.41, 5.74) is 2.45. The minimum absolute atomic E-state index is 0.187.